The van der Waals surface area contributed by atoms with Gasteiger partial charge in [-0.25, -0.2) is 0 Å². The first-order valence-corrected chi connectivity index (χ1v) is 9.43. The highest BCUT2D eigenvalue weighted by Gasteiger charge is 2.13. The Kier molecular flexibility index (Phi) is 8.70. The second-order valence-corrected chi connectivity index (χ2v) is 6.76. The quantitative estimate of drug-likeness (QED) is 0.606. The third-order valence-corrected chi connectivity index (χ3v) is 4.79. The molecule has 2 aromatic rings. The van der Waals surface area contributed by atoms with E-state index in [2.05, 4.69) is 5.32 Å². The van der Waals surface area contributed by atoms with Gasteiger partial charge in [-0.1, -0.05) is 41.4 Å². The van der Waals surface area contributed by atoms with Crippen molar-refractivity contribution in [2.24, 2.45) is 0 Å². The second-order valence-electron chi connectivity index (χ2n) is 5.97. The third-order valence-electron chi connectivity index (χ3n) is 3.99. The molecule has 0 saturated carbocycles. The van der Waals surface area contributed by atoms with Crippen LogP contribution in [0.3, 0.4) is 0 Å². The van der Waals surface area contributed by atoms with Gasteiger partial charge in [0.1, 0.15) is 23.5 Å². The molecule has 0 radical (unpaired) electrons. The van der Waals surface area contributed by atoms with Crippen LogP contribution in [0.15, 0.2) is 36.4 Å². The largest absolute Gasteiger partial charge is 0.493 e. The summed E-state index contributed by atoms with van der Waals surface area (Å²) in [5.74, 6) is 1.42. The predicted molar refractivity (Wildman–Crippen MR) is 109 cm³/mol. The van der Waals surface area contributed by atoms with Crippen LogP contribution in [-0.2, 0) is 11.2 Å². The number of carbonyl (C=O) groups is 1. The van der Waals surface area contributed by atoms with Gasteiger partial charge in [0, 0.05) is 13.0 Å². The zero-order valence-corrected chi connectivity index (χ0v) is 17.2. The first kappa shape index (κ1) is 22.1. The van der Waals surface area contributed by atoms with E-state index in [-0.39, 0.29) is 30.5 Å². The molecule has 1 atom stereocenters. The van der Waals surface area contributed by atoms with Crippen molar-refractivity contribution in [3.8, 4) is 17.2 Å². The molecule has 2 rings (SSSR count). The Morgan fingerprint density at radius 1 is 1.11 bits per heavy atom. The zero-order chi connectivity index (χ0) is 20.5. The van der Waals surface area contributed by atoms with E-state index in [1.165, 1.54) is 0 Å². The highest BCUT2D eigenvalue weighted by Crippen LogP contribution is 2.32. The van der Waals surface area contributed by atoms with E-state index in [9.17, 15) is 9.90 Å². The van der Waals surface area contributed by atoms with Crippen LogP contribution in [0.25, 0.3) is 0 Å². The molecule has 2 aromatic carbocycles. The Labute approximate surface area is 174 Å². The van der Waals surface area contributed by atoms with Crippen molar-refractivity contribution in [1.29, 1.82) is 0 Å². The number of methoxy groups -OCH3 is 2. The van der Waals surface area contributed by atoms with Crippen molar-refractivity contribution < 1.29 is 24.1 Å². The maximum Gasteiger partial charge on any atom is 0.220 e. The van der Waals surface area contributed by atoms with Gasteiger partial charge in [0.2, 0.25) is 5.91 Å². The molecule has 0 aliphatic carbocycles. The number of ether oxygens (including phenoxy) is 3. The molecule has 0 spiro atoms. The number of hydrogen-bond acceptors (Lipinski definition) is 5. The van der Waals surface area contributed by atoms with Crippen molar-refractivity contribution in [1.82, 2.24) is 5.32 Å². The molecule has 0 heterocycles. The Hall–Kier alpha value is -2.15. The SMILES string of the molecule is COc1cccc(CCC(=O)NCC(O)COc2cccc(Cl)c2Cl)c1OC. The number of rotatable bonds is 10. The minimum Gasteiger partial charge on any atom is -0.493 e. The summed E-state index contributed by atoms with van der Waals surface area (Å²) in [7, 11) is 3.12. The van der Waals surface area contributed by atoms with Crippen LogP contribution in [0.4, 0.5) is 0 Å². The van der Waals surface area contributed by atoms with Crippen molar-refractivity contribution >= 4 is 29.1 Å². The maximum atomic E-state index is 12.1. The summed E-state index contributed by atoms with van der Waals surface area (Å²) >= 11 is 11.9. The van der Waals surface area contributed by atoms with Gasteiger partial charge in [-0.15, -0.1) is 0 Å². The lowest BCUT2D eigenvalue weighted by molar-refractivity contribution is -0.121. The summed E-state index contributed by atoms with van der Waals surface area (Å²) in [5, 5.41) is 13.3. The van der Waals surface area contributed by atoms with Crippen LogP contribution in [0.2, 0.25) is 10.0 Å². The van der Waals surface area contributed by atoms with E-state index in [0.29, 0.717) is 28.7 Å². The maximum absolute atomic E-state index is 12.1. The smallest absolute Gasteiger partial charge is 0.220 e. The molecule has 1 unspecified atom stereocenters. The van der Waals surface area contributed by atoms with Crippen molar-refractivity contribution in [2.45, 2.75) is 18.9 Å². The Balaban J connectivity index is 1.77. The van der Waals surface area contributed by atoms with Crippen LogP contribution < -0.4 is 19.5 Å². The number of amides is 1. The average molecular weight is 428 g/mol. The zero-order valence-electron chi connectivity index (χ0n) is 15.7. The van der Waals surface area contributed by atoms with Crippen LogP contribution in [0, 0.1) is 0 Å². The molecule has 0 saturated heterocycles. The fraction of sp³-hybridized carbons (Fsp3) is 0.350. The minimum absolute atomic E-state index is 0.0238. The van der Waals surface area contributed by atoms with E-state index in [4.69, 9.17) is 37.4 Å². The number of aryl methyl sites for hydroxylation is 1. The average Bonchev–Trinajstić information content (AvgIpc) is 2.71. The monoisotopic (exact) mass is 427 g/mol. The van der Waals surface area contributed by atoms with Gasteiger partial charge in [0.05, 0.1) is 19.2 Å². The third kappa shape index (κ3) is 6.19. The molecule has 0 fully saturated rings. The summed E-state index contributed by atoms with van der Waals surface area (Å²) in [5.41, 5.74) is 0.872. The molecule has 152 valence electrons. The fourth-order valence-electron chi connectivity index (χ4n) is 2.56. The lowest BCUT2D eigenvalue weighted by Gasteiger charge is -2.15. The molecule has 6 nitrogen and oxygen atoms in total. The Morgan fingerprint density at radius 2 is 1.82 bits per heavy atom. The van der Waals surface area contributed by atoms with E-state index in [1.54, 1.807) is 38.5 Å². The Morgan fingerprint density at radius 3 is 2.54 bits per heavy atom. The summed E-state index contributed by atoms with van der Waals surface area (Å²) in [6.07, 6.45) is -0.154. The number of aliphatic hydroxyl groups excluding tert-OH is 1. The molecule has 28 heavy (non-hydrogen) atoms. The molecule has 0 bridgehead atoms. The first-order valence-electron chi connectivity index (χ1n) is 8.67. The lowest BCUT2D eigenvalue weighted by Crippen LogP contribution is -2.35. The summed E-state index contributed by atoms with van der Waals surface area (Å²) < 4.78 is 16.1. The molecular weight excluding hydrogens is 405 g/mol. The summed E-state index contributed by atoms with van der Waals surface area (Å²) in [6.45, 7) is 0.0380. The molecule has 2 N–H and O–H groups in total. The van der Waals surface area contributed by atoms with Crippen molar-refractivity contribution in [2.75, 3.05) is 27.4 Å². The number of nitrogens with one attached hydrogen (secondary N) is 1. The van der Waals surface area contributed by atoms with Crippen LogP contribution in [0.1, 0.15) is 12.0 Å². The van der Waals surface area contributed by atoms with E-state index in [1.807, 2.05) is 12.1 Å². The number of carbonyl (C=O) groups excluding carboxylic acids is 1. The standard InChI is InChI=1S/C20H23Cl2NO5/c1-26-17-8-3-5-13(20(17)27-2)9-10-18(25)23-11-14(24)12-28-16-7-4-6-15(21)19(16)22/h3-8,14,24H,9-12H2,1-2H3,(H,23,25). The van der Waals surface area contributed by atoms with Gasteiger partial charge < -0.3 is 24.6 Å². The van der Waals surface area contributed by atoms with Crippen molar-refractivity contribution in [3.05, 3.63) is 52.0 Å². The van der Waals surface area contributed by atoms with E-state index in [0.717, 1.165) is 5.56 Å². The predicted octanol–water partition coefficient (Wildman–Crippen LogP) is 3.50. The summed E-state index contributed by atoms with van der Waals surface area (Å²) in [6, 6.07) is 10.5. The Bertz CT molecular complexity index is 800. The number of benzene rings is 2. The number of para-hydroxylation sites is 1. The number of halogens is 2. The van der Waals surface area contributed by atoms with Gasteiger partial charge >= 0.3 is 0 Å². The van der Waals surface area contributed by atoms with Crippen LogP contribution in [0.5, 0.6) is 17.2 Å². The minimum atomic E-state index is -0.884. The van der Waals surface area contributed by atoms with E-state index < -0.39 is 6.10 Å². The van der Waals surface area contributed by atoms with E-state index >= 15 is 0 Å². The van der Waals surface area contributed by atoms with Gasteiger partial charge in [0.15, 0.2) is 11.5 Å². The molecule has 0 aromatic heterocycles. The number of aliphatic hydroxyl groups is 1. The fourth-order valence-corrected chi connectivity index (χ4v) is 2.91. The van der Waals surface area contributed by atoms with Crippen LogP contribution >= 0.6 is 23.2 Å². The second kappa shape index (κ2) is 11.0. The van der Waals surface area contributed by atoms with Gasteiger partial charge in [-0.2, -0.15) is 0 Å². The van der Waals surface area contributed by atoms with Gasteiger partial charge in [0.25, 0.3) is 0 Å². The topological polar surface area (TPSA) is 77.0 Å². The van der Waals surface area contributed by atoms with Crippen molar-refractivity contribution in [3.63, 3.8) is 0 Å². The normalized spacial score (nSPS) is 11.6. The molecular formula is C20H23Cl2NO5. The molecule has 8 heteroatoms. The highest BCUT2D eigenvalue weighted by molar-refractivity contribution is 6.42. The number of hydrogen-bond donors (Lipinski definition) is 2. The van der Waals surface area contributed by atoms with Gasteiger partial charge in [-0.3, -0.25) is 4.79 Å². The first-order chi connectivity index (χ1) is 13.5. The molecule has 0 aliphatic rings. The lowest BCUT2D eigenvalue weighted by atomic mass is 10.1. The van der Waals surface area contributed by atoms with Gasteiger partial charge in [-0.05, 0) is 30.2 Å². The molecule has 1 amide bonds. The molecule has 0 aliphatic heterocycles. The highest BCUT2D eigenvalue weighted by atomic mass is 35.5. The summed E-state index contributed by atoms with van der Waals surface area (Å²) in [4.78, 5) is 12.1. The van der Waals surface area contributed by atoms with Crippen LogP contribution in [-0.4, -0.2) is 44.5 Å².